The van der Waals surface area contributed by atoms with E-state index in [0.29, 0.717) is 13.2 Å². The van der Waals surface area contributed by atoms with Crippen molar-refractivity contribution in [2.75, 3.05) is 13.2 Å². The van der Waals surface area contributed by atoms with Gasteiger partial charge in [0.15, 0.2) is 0 Å². The molecule has 0 bridgehead atoms. The molecule has 1 aliphatic rings. The van der Waals surface area contributed by atoms with Gasteiger partial charge in [-0.25, -0.2) is 0 Å². The highest BCUT2D eigenvalue weighted by Gasteiger charge is 2.42. The minimum atomic E-state index is -3.69. The molecule has 5 heteroatoms. The van der Waals surface area contributed by atoms with Gasteiger partial charge in [0.1, 0.15) is 0 Å². The van der Waals surface area contributed by atoms with Crippen LogP contribution >= 0.6 is 0 Å². The molecule has 18 heavy (non-hydrogen) atoms. The fourth-order valence-electron chi connectivity index (χ4n) is 1.73. The first-order chi connectivity index (χ1) is 8.33. The average Bonchev–Trinajstić information content (AvgIpc) is 2.25. The molecule has 1 heterocycles. The molecule has 1 fully saturated rings. The maximum atomic E-state index is 12.1. The van der Waals surface area contributed by atoms with Crippen LogP contribution in [0.2, 0.25) is 0 Å². The van der Waals surface area contributed by atoms with E-state index in [-0.39, 0.29) is 10.3 Å². The molecule has 1 unspecified atom stereocenters. The van der Waals surface area contributed by atoms with Gasteiger partial charge in [0.05, 0.1) is 24.2 Å². The van der Waals surface area contributed by atoms with Crippen LogP contribution in [-0.4, -0.2) is 27.7 Å². The smallest absolute Gasteiger partial charge is 0.297 e. The number of benzene rings is 1. The molecule has 1 atom stereocenters. The molecule has 4 nitrogen and oxygen atoms in total. The van der Waals surface area contributed by atoms with E-state index in [1.54, 1.807) is 31.2 Å². The van der Waals surface area contributed by atoms with Crippen LogP contribution in [0.15, 0.2) is 29.2 Å². The van der Waals surface area contributed by atoms with Crippen molar-refractivity contribution >= 4 is 10.1 Å². The first-order valence-corrected chi connectivity index (χ1v) is 7.32. The second kappa shape index (κ2) is 4.64. The van der Waals surface area contributed by atoms with E-state index >= 15 is 0 Å². The summed E-state index contributed by atoms with van der Waals surface area (Å²) in [6.45, 7) is 6.72. The van der Waals surface area contributed by atoms with Crippen molar-refractivity contribution in [1.29, 1.82) is 0 Å². The lowest BCUT2D eigenvalue weighted by atomic mass is 9.83. The molecule has 0 spiro atoms. The van der Waals surface area contributed by atoms with Crippen LogP contribution in [0, 0.1) is 12.3 Å². The van der Waals surface area contributed by atoms with Crippen LogP contribution in [-0.2, 0) is 19.0 Å². The topological polar surface area (TPSA) is 52.6 Å². The molecule has 0 aromatic heterocycles. The van der Waals surface area contributed by atoms with E-state index in [9.17, 15) is 8.42 Å². The molecule has 1 aliphatic heterocycles. The molecule has 1 aromatic carbocycles. The molecule has 0 saturated carbocycles. The van der Waals surface area contributed by atoms with E-state index in [2.05, 4.69) is 0 Å². The predicted molar refractivity (Wildman–Crippen MR) is 67.8 cm³/mol. The summed E-state index contributed by atoms with van der Waals surface area (Å²) in [5, 5.41) is 0. The quantitative estimate of drug-likeness (QED) is 0.786. The monoisotopic (exact) mass is 270 g/mol. The Labute approximate surface area is 108 Å². The molecule has 0 amide bonds. The lowest BCUT2D eigenvalue weighted by molar-refractivity contribution is -0.147. The Hall–Kier alpha value is -0.910. The lowest BCUT2D eigenvalue weighted by Crippen LogP contribution is -2.49. The molecule has 1 aromatic rings. The zero-order valence-corrected chi connectivity index (χ0v) is 11.7. The maximum absolute atomic E-state index is 12.1. The first-order valence-electron chi connectivity index (χ1n) is 5.91. The predicted octanol–water partition coefficient (Wildman–Crippen LogP) is 2.13. The van der Waals surface area contributed by atoms with Gasteiger partial charge in [-0.1, -0.05) is 24.6 Å². The standard InChI is InChI=1S/C13H18O4S/c1-10-4-6-12(7-5-10)18(14,15)17-11(2)13(3)8-16-9-13/h4-7,11H,8-9H2,1-3H3. The fraction of sp³-hybridized carbons (Fsp3) is 0.538. The normalized spacial score (nSPS) is 20.2. The molecular formula is C13H18O4S. The van der Waals surface area contributed by atoms with Crippen LogP contribution in [0.4, 0.5) is 0 Å². The second-order valence-corrected chi connectivity index (χ2v) is 6.72. The molecule has 100 valence electrons. The van der Waals surface area contributed by atoms with Crippen LogP contribution in [0.3, 0.4) is 0 Å². The summed E-state index contributed by atoms with van der Waals surface area (Å²) in [4.78, 5) is 0.198. The Bertz CT molecular complexity index is 514. The van der Waals surface area contributed by atoms with Gasteiger partial charge < -0.3 is 4.74 Å². The van der Waals surface area contributed by atoms with Crippen LogP contribution in [0.25, 0.3) is 0 Å². The summed E-state index contributed by atoms with van der Waals surface area (Å²) in [5.74, 6) is 0. The SMILES string of the molecule is Cc1ccc(S(=O)(=O)OC(C)C2(C)COC2)cc1. The molecule has 0 aliphatic carbocycles. The molecule has 0 radical (unpaired) electrons. The van der Waals surface area contributed by atoms with Crippen molar-refractivity contribution < 1.29 is 17.3 Å². The third-order valence-electron chi connectivity index (χ3n) is 3.43. The molecule has 0 N–H and O–H groups in total. The van der Waals surface area contributed by atoms with E-state index in [1.807, 2.05) is 13.8 Å². The lowest BCUT2D eigenvalue weighted by Gasteiger charge is -2.41. The van der Waals surface area contributed by atoms with Crippen molar-refractivity contribution in [3.8, 4) is 0 Å². The molecular weight excluding hydrogens is 252 g/mol. The van der Waals surface area contributed by atoms with Crippen molar-refractivity contribution in [2.45, 2.75) is 31.8 Å². The summed E-state index contributed by atoms with van der Waals surface area (Å²) in [6, 6.07) is 6.65. The highest BCUT2D eigenvalue weighted by Crippen LogP contribution is 2.34. The fourth-order valence-corrected chi connectivity index (χ4v) is 2.92. The molecule has 1 saturated heterocycles. The van der Waals surface area contributed by atoms with E-state index in [4.69, 9.17) is 8.92 Å². The van der Waals surface area contributed by atoms with Gasteiger partial charge >= 0.3 is 0 Å². The summed E-state index contributed by atoms with van der Waals surface area (Å²) in [6.07, 6.45) is -0.391. The van der Waals surface area contributed by atoms with E-state index in [1.165, 1.54) is 0 Å². The van der Waals surface area contributed by atoms with Crippen LogP contribution in [0.5, 0.6) is 0 Å². The van der Waals surface area contributed by atoms with E-state index < -0.39 is 16.2 Å². The zero-order chi connectivity index (χ0) is 13.4. The second-order valence-electron chi connectivity index (χ2n) is 5.15. The summed E-state index contributed by atoms with van der Waals surface area (Å²) in [5.41, 5.74) is 0.805. The van der Waals surface area contributed by atoms with Crippen molar-refractivity contribution in [2.24, 2.45) is 5.41 Å². The van der Waals surface area contributed by atoms with Gasteiger partial charge in [-0.3, -0.25) is 4.18 Å². The third kappa shape index (κ3) is 2.58. The van der Waals surface area contributed by atoms with Crippen LogP contribution in [0.1, 0.15) is 19.4 Å². The van der Waals surface area contributed by atoms with Gasteiger partial charge in [0.25, 0.3) is 10.1 Å². The maximum Gasteiger partial charge on any atom is 0.297 e. The van der Waals surface area contributed by atoms with E-state index in [0.717, 1.165) is 5.56 Å². The number of aryl methyl sites for hydroxylation is 1. The summed E-state index contributed by atoms with van der Waals surface area (Å²) >= 11 is 0. The number of hydrogen-bond donors (Lipinski definition) is 0. The van der Waals surface area contributed by atoms with Gasteiger partial charge in [0.2, 0.25) is 0 Å². The highest BCUT2D eigenvalue weighted by molar-refractivity contribution is 7.86. The number of rotatable bonds is 4. The number of ether oxygens (including phenoxy) is 1. The van der Waals surface area contributed by atoms with Crippen molar-refractivity contribution in [1.82, 2.24) is 0 Å². The van der Waals surface area contributed by atoms with Gasteiger partial charge in [0, 0.05) is 5.41 Å². The first kappa shape index (κ1) is 13.5. The minimum Gasteiger partial charge on any atom is -0.380 e. The Morgan fingerprint density at radius 1 is 1.28 bits per heavy atom. The Kier molecular flexibility index (Phi) is 3.49. The molecule has 2 rings (SSSR count). The van der Waals surface area contributed by atoms with Crippen LogP contribution < -0.4 is 0 Å². The minimum absolute atomic E-state index is 0.198. The third-order valence-corrected chi connectivity index (χ3v) is 4.82. The average molecular weight is 270 g/mol. The largest absolute Gasteiger partial charge is 0.380 e. The van der Waals surface area contributed by atoms with Gasteiger partial charge in [-0.05, 0) is 26.0 Å². The Morgan fingerprint density at radius 2 is 1.83 bits per heavy atom. The number of hydrogen-bond acceptors (Lipinski definition) is 4. The summed E-state index contributed by atoms with van der Waals surface area (Å²) in [7, 11) is -3.69. The van der Waals surface area contributed by atoms with Gasteiger partial charge in [-0.15, -0.1) is 0 Å². The van der Waals surface area contributed by atoms with Crippen molar-refractivity contribution in [3.63, 3.8) is 0 Å². The van der Waals surface area contributed by atoms with Gasteiger partial charge in [-0.2, -0.15) is 8.42 Å². The zero-order valence-electron chi connectivity index (χ0n) is 10.8. The highest BCUT2D eigenvalue weighted by atomic mass is 32.2. The Morgan fingerprint density at radius 3 is 2.28 bits per heavy atom. The Balaban J connectivity index is 2.14. The van der Waals surface area contributed by atoms with Crippen molar-refractivity contribution in [3.05, 3.63) is 29.8 Å². The summed E-state index contributed by atoms with van der Waals surface area (Å²) < 4.78 is 34.5.